The average Bonchev–Trinajstić information content (AvgIpc) is 2.68. The largest absolute Gasteiger partial charge is 0.362 e. The number of aromatic nitrogens is 2. The van der Waals surface area contributed by atoms with Crippen molar-refractivity contribution in [1.82, 2.24) is 15.3 Å². The summed E-state index contributed by atoms with van der Waals surface area (Å²) in [6.45, 7) is 7.99. The molecule has 0 radical (unpaired) electrons. The summed E-state index contributed by atoms with van der Waals surface area (Å²) < 4.78 is 0. The highest BCUT2D eigenvalue weighted by Gasteiger charge is 2.01. The molecule has 1 heterocycles. The number of rotatable bonds is 6. The van der Waals surface area contributed by atoms with Crippen molar-refractivity contribution in [3.05, 3.63) is 95.7 Å². The van der Waals surface area contributed by atoms with Crippen LogP contribution in [0.3, 0.4) is 0 Å². The van der Waals surface area contributed by atoms with E-state index < -0.39 is 0 Å². The first-order valence-electron chi connectivity index (χ1n) is 8.45. The second-order valence-electron chi connectivity index (χ2n) is 5.62. The van der Waals surface area contributed by atoms with Crippen LogP contribution in [0.1, 0.15) is 17.8 Å². The summed E-state index contributed by atoms with van der Waals surface area (Å²) in [5.74, 6) is 0.712. The van der Waals surface area contributed by atoms with E-state index in [0.717, 1.165) is 29.6 Å². The number of nitrogens with two attached hydrogens (primary N) is 1. The Kier molecular flexibility index (Phi) is 7.33. The fourth-order valence-electron chi connectivity index (χ4n) is 2.37. The smallest absolute Gasteiger partial charge is 0.258 e. The number of hydrogen-bond acceptors (Lipinski definition) is 4. The quantitative estimate of drug-likeness (QED) is 0.639. The van der Waals surface area contributed by atoms with Crippen LogP contribution in [0.4, 0.5) is 0 Å². The fraction of sp³-hybridized carbons (Fsp3) is 0.143. The number of aromatic amines is 1. The fourth-order valence-corrected chi connectivity index (χ4v) is 2.37. The minimum atomic E-state index is -0.0763. The molecular formula is C21H24N4O. The van der Waals surface area contributed by atoms with Crippen LogP contribution in [0.25, 0.3) is 16.6 Å². The van der Waals surface area contributed by atoms with Crippen LogP contribution >= 0.6 is 0 Å². The van der Waals surface area contributed by atoms with E-state index in [-0.39, 0.29) is 5.56 Å². The molecule has 1 aromatic heterocycles. The van der Waals surface area contributed by atoms with Gasteiger partial charge in [-0.3, -0.25) is 4.79 Å². The lowest BCUT2D eigenvalue weighted by Gasteiger charge is -2.03. The molecule has 0 saturated carbocycles. The first-order valence-corrected chi connectivity index (χ1v) is 8.45. The molecule has 134 valence electrons. The molecule has 2 aromatic carbocycles. The van der Waals surface area contributed by atoms with Gasteiger partial charge in [0.15, 0.2) is 0 Å². The Labute approximate surface area is 153 Å². The Hall–Kier alpha value is -3.18. The van der Waals surface area contributed by atoms with Crippen molar-refractivity contribution in [3.8, 4) is 0 Å². The Balaban J connectivity index is 0.000000197. The van der Waals surface area contributed by atoms with E-state index in [2.05, 4.69) is 28.4 Å². The number of nitrogens with one attached hydrogen (secondary N) is 2. The van der Waals surface area contributed by atoms with E-state index in [1.54, 1.807) is 12.3 Å². The Bertz CT molecular complexity index is 916. The predicted molar refractivity (Wildman–Crippen MR) is 109 cm³/mol. The van der Waals surface area contributed by atoms with Crippen LogP contribution in [-0.4, -0.2) is 16.5 Å². The summed E-state index contributed by atoms with van der Waals surface area (Å²) >= 11 is 0. The van der Waals surface area contributed by atoms with Gasteiger partial charge in [0.1, 0.15) is 5.82 Å². The maximum atomic E-state index is 11.6. The summed E-state index contributed by atoms with van der Waals surface area (Å²) in [4.78, 5) is 18.8. The van der Waals surface area contributed by atoms with Crippen LogP contribution in [0.15, 0.2) is 78.7 Å². The van der Waals surface area contributed by atoms with Crippen molar-refractivity contribution in [2.45, 2.75) is 12.8 Å². The summed E-state index contributed by atoms with van der Waals surface area (Å²) in [6.07, 6.45) is 3.17. The highest BCUT2D eigenvalue weighted by molar-refractivity contribution is 5.77. The number of aryl methyl sites for hydroxylation is 1. The van der Waals surface area contributed by atoms with Crippen LogP contribution in [0, 0.1) is 0 Å². The normalized spacial score (nSPS) is 9.88. The van der Waals surface area contributed by atoms with E-state index in [4.69, 9.17) is 5.73 Å². The van der Waals surface area contributed by atoms with Crippen LogP contribution in [-0.2, 0) is 6.42 Å². The minimum Gasteiger partial charge on any atom is -0.362 e. The van der Waals surface area contributed by atoms with Gasteiger partial charge in [0, 0.05) is 12.1 Å². The van der Waals surface area contributed by atoms with Gasteiger partial charge in [0.05, 0.1) is 10.9 Å². The highest BCUT2D eigenvalue weighted by atomic mass is 16.1. The molecular weight excluding hydrogens is 324 g/mol. The van der Waals surface area contributed by atoms with E-state index in [1.165, 1.54) is 0 Å². The summed E-state index contributed by atoms with van der Waals surface area (Å²) in [7, 11) is 0. The number of benzene rings is 2. The molecule has 0 unspecified atom stereocenters. The zero-order valence-electron chi connectivity index (χ0n) is 14.7. The van der Waals surface area contributed by atoms with Gasteiger partial charge in [-0.1, -0.05) is 55.6 Å². The maximum absolute atomic E-state index is 11.6. The molecule has 0 bridgehead atoms. The summed E-state index contributed by atoms with van der Waals surface area (Å²) in [5, 5.41) is 3.56. The number of H-pyrrole nitrogens is 1. The lowest BCUT2D eigenvalue weighted by molar-refractivity contribution is 0.782. The first-order chi connectivity index (χ1) is 12.7. The van der Waals surface area contributed by atoms with Crippen molar-refractivity contribution < 1.29 is 0 Å². The lowest BCUT2D eigenvalue weighted by atomic mass is 10.2. The number of para-hydroxylation sites is 1. The van der Waals surface area contributed by atoms with Gasteiger partial charge in [-0.15, -0.1) is 0 Å². The molecule has 0 saturated heterocycles. The van der Waals surface area contributed by atoms with Gasteiger partial charge in [0.2, 0.25) is 0 Å². The molecule has 0 fully saturated rings. The molecule has 5 heteroatoms. The van der Waals surface area contributed by atoms with Crippen molar-refractivity contribution in [1.29, 1.82) is 0 Å². The van der Waals surface area contributed by atoms with Gasteiger partial charge in [0.25, 0.3) is 5.56 Å². The van der Waals surface area contributed by atoms with Crippen LogP contribution in [0.2, 0.25) is 0 Å². The SMILES string of the molecule is C=CNC(=C)c1ccccc1.NCCCc1nc2ccccc2c(=O)[nH]1. The van der Waals surface area contributed by atoms with Gasteiger partial charge in [-0.2, -0.15) is 0 Å². The summed E-state index contributed by atoms with van der Waals surface area (Å²) in [5.41, 5.74) is 8.04. The average molecular weight is 348 g/mol. The molecule has 4 N–H and O–H groups in total. The van der Waals surface area contributed by atoms with E-state index in [9.17, 15) is 4.79 Å². The minimum absolute atomic E-state index is 0.0763. The number of fused-ring (bicyclic) bond motifs is 1. The van der Waals surface area contributed by atoms with Crippen molar-refractivity contribution in [2.75, 3.05) is 6.54 Å². The monoisotopic (exact) mass is 348 g/mol. The maximum Gasteiger partial charge on any atom is 0.258 e. The van der Waals surface area contributed by atoms with Crippen molar-refractivity contribution in [3.63, 3.8) is 0 Å². The van der Waals surface area contributed by atoms with E-state index >= 15 is 0 Å². The highest BCUT2D eigenvalue weighted by Crippen LogP contribution is 2.07. The number of hydrogen-bond donors (Lipinski definition) is 3. The van der Waals surface area contributed by atoms with Gasteiger partial charge < -0.3 is 16.0 Å². The topological polar surface area (TPSA) is 83.8 Å². The Morgan fingerprint density at radius 1 is 1.15 bits per heavy atom. The molecule has 0 atom stereocenters. The molecule has 3 aromatic rings. The van der Waals surface area contributed by atoms with Gasteiger partial charge >= 0.3 is 0 Å². The molecule has 26 heavy (non-hydrogen) atoms. The van der Waals surface area contributed by atoms with Crippen LogP contribution in [0.5, 0.6) is 0 Å². The first kappa shape index (κ1) is 19.1. The van der Waals surface area contributed by atoms with E-state index in [0.29, 0.717) is 17.8 Å². The van der Waals surface area contributed by atoms with Gasteiger partial charge in [-0.05, 0) is 36.9 Å². The molecule has 0 aliphatic carbocycles. The third-order valence-corrected chi connectivity index (χ3v) is 3.68. The van der Waals surface area contributed by atoms with Crippen molar-refractivity contribution >= 4 is 16.6 Å². The van der Waals surface area contributed by atoms with Gasteiger partial charge in [-0.25, -0.2) is 4.98 Å². The molecule has 0 spiro atoms. The Morgan fingerprint density at radius 3 is 2.54 bits per heavy atom. The van der Waals surface area contributed by atoms with E-state index in [1.807, 2.05) is 48.5 Å². The Morgan fingerprint density at radius 2 is 1.85 bits per heavy atom. The third-order valence-electron chi connectivity index (χ3n) is 3.68. The molecule has 5 nitrogen and oxygen atoms in total. The van der Waals surface area contributed by atoms with Crippen LogP contribution < -0.4 is 16.6 Å². The standard InChI is InChI=1S/C11H13N3O.C10H11N/c12-7-3-6-10-13-9-5-2-1-4-8(9)11(15)14-10;1-3-11-9(2)10-7-5-4-6-8-10/h1-2,4-5H,3,6-7,12H2,(H,13,14,15);3-8,11H,1-2H2. The second-order valence-corrected chi connectivity index (χ2v) is 5.62. The molecule has 0 aliphatic heterocycles. The third kappa shape index (κ3) is 5.43. The zero-order chi connectivity index (χ0) is 18.8. The predicted octanol–water partition coefficient (Wildman–Crippen LogP) is 3.20. The molecule has 3 rings (SSSR count). The lowest BCUT2D eigenvalue weighted by Crippen LogP contribution is -2.13. The molecule has 0 amide bonds. The second kappa shape index (κ2) is 9.96. The molecule has 0 aliphatic rings. The summed E-state index contributed by atoms with van der Waals surface area (Å²) in [6, 6.07) is 17.3. The number of nitrogens with zero attached hydrogens (tertiary/aromatic N) is 1. The van der Waals surface area contributed by atoms with Crippen molar-refractivity contribution in [2.24, 2.45) is 5.73 Å². The zero-order valence-corrected chi connectivity index (χ0v) is 14.7.